The summed E-state index contributed by atoms with van der Waals surface area (Å²) < 4.78 is 3.60. The van der Waals surface area contributed by atoms with E-state index in [4.69, 9.17) is 15.0 Å². The zero-order valence-electron chi connectivity index (χ0n) is 29.3. The van der Waals surface area contributed by atoms with E-state index in [2.05, 4.69) is 110 Å². The Labute approximate surface area is 308 Å². The Morgan fingerprint density at radius 1 is 0.750 bits per heavy atom. The lowest BCUT2D eigenvalue weighted by Crippen LogP contribution is -2.09. The summed E-state index contributed by atoms with van der Waals surface area (Å²) in [4.78, 5) is 16.3. The van der Waals surface area contributed by atoms with Crippen LogP contribution in [0, 0.1) is 0 Å². The highest BCUT2D eigenvalue weighted by atomic mass is 32.1. The van der Waals surface area contributed by atoms with Crippen LogP contribution >= 0.6 is 11.3 Å². The van der Waals surface area contributed by atoms with Crippen LogP contribution in [0.3, 0.4) is 0 Å². The molecule has 0 saturated heterocycles. The number of benzene rings is 4. The quantitative estimate of drug-likeness (QED) is 0.159. The van der Waals surface area contributed by atoms with Crippen LogP contribution in [-0.2, 0) is 12.8 Å². The Kier molecular flexibility index (Phi) is 8.21. The topological polar surface area (TPSA) is 43.6 Å². The zero-order valence-corrected chi connectivity index (χ0v) is 30.1. The van der Waals surface area contributed by atoms with Crippen molar-refractivity contribution >= 4 is 56.1 Å². The molecule has 0 unspecified atom stereocenters. The van der Waals surface area contributed by atoms with E-state index < -0.39 is 0 Å². The maximum absolute atomic E-state index is 5.13. The van der Waals surface area contributed by atoms with Gasteiger partial charge in [0.2, 0.25) is 5.95 Å². The number of nitrogens with zero attached hydrogens (tertiary/aromatic N) is 4. The fourth-order valence-corrected chi connectivity index (χ4v) is 9.01. The van der Waals surface area contributed by atoms with Crippen LogP contribution in [0.5, 0.6) is 0 Å². The summed E-state index contributed by atoms with van der Waals surface area (Å²) in [6.07, 6.45) is 20.0. The molecule has 252 valence electrons. The van der Waals surface area contributed by atoms with Crippen LogP contribution in [-0.4, -0.2) is 19.5 Å². The number of allylic oxidation sites excluding steroid dienone is 5. The third kappa shape index (κ3) is 5.49. The van der Waals surface area contributed by atoms with Crippen molar-refractivity contribution < 1.29 is 0 Å². The normalized spacial score (nSPS) is 13.8. The fraction of sp³-hybridized carbons (Fsp3) is 0.128. The van der Waals surface area contributed by atoms with Gasteiger partial charge in [0.15, 0.2) is 11.6 Å². The molecular weight excluding hydrogens is 653 g/mol. The lowest BCUT2D eigenvalue weighted by atomic mass is 9.90. The summed E-state index contributed by atoms with van der Waals surface area (Å²) in [5.41, 5.74) is 13.0. The Morgan fingerprint density at radius 2 is 1.56 bits per heavy atom. The summed E-state index contributed by atoms with van der Waals surface area (Å²) in [6, 6.07) is 30.8. The minimum Gasteiger partial charge on any atom is -0.281 e. The lowest BCUT2D eigenvalue weighted by Gasteiger charge is -2.16. The molecule has 7 aromatic rings. The number of rotatable bonds is 8. The molecule has 3 aromatic heterocycles. The maximum Gasteiger partial charge on any atom is 0.238 e. The molecule has 4 aromatic carbocycles. The largest absolute Gasteiger partial charge is 0.281 e. The van der Waals surface area contributed by atoms with Gasteiger partial charge in [-0.15, -0.1) is 11.3 Å². The molecule has 0 aliphatic heterocycles. The first-order valence-corrected chi connectivity index (χ1v) is 18.9. The van der Waals surface area contributed by atoms with Gasteiger partial charge in [0.25, 0.3) is 0 Å². The summed E-state index contributed by atoms with van der Waals surface area (Å²) in [7, 11) is 0. The standard InChI is InChI=1S/C47H38N4S/c1-4-36-40-29-35(30-16-9-7-10-17-30)28-38(34-21-15-20-32(26-34)33-24-25-43-39(27-33)37-22-13-14-23-42(37)52-43)45(40)51(41(36)5-2)47-49-44(6-3)48-46(50-47)31-18-11-8-12-19-31/h4,6-9,11-12,14-16,18-21,23-29H,1,3,5,10,13,17,22H2,2H3. The minimum absolute atomic E-state index is 0.536. The van der Waals surface area contributed by atoms with Gasteiger partial charge in [0, 0.05) is 37.3 Å². The molecule has 0 fully saturated rings. The number of thiophene rings is 1. The SMILES string of the molecule is C=Cc1nc(-c2ccccc2)nc(-n2c(CC)c(C=C)c3cc(C4=CC=CCC4)cc(-c4cccc(-c5ccc6sc7c(c6c5)CCC=C7)c4)c32)n1. The van der Waals surface area contributed by atoms with Gasteiger partial charge in [-0.1, -0.05) is 105 Å². The molecule has 0 bridgehead atoms. The maximum atomic E-state index is 5.13. The molecule has 0 amide bonds. The summed E-state index contributed by atoms with van der Waals surface area (Å²) in [6.45, 7) is 10.6. The van der Waals surface area contributed by atoms with Crippen molar-refractivity contribution in [3.05, 3.63) is 155 Å². The van der Waals surface area contributed by atoms with Crippen LogP contribution in [0.4, 0.5) is 0 Å². The summed E-state index contributed by atoms with van der Waals surface area (Å²) >= 11 is 1.90. The minimum atomic E-state index is 0.536. The summed E-state index contributed by atoms with van der Waals surface area (Å²) in [5, 5.41) is 2.52. The van der Waals surface area contributed by atoms with Gasteiger partial charge in [0.1, 0.15) is 0 Å². The average molecular weight is 691 g/mol. The number of aromatic nitrogens is 4. The molecule has 0 radical (unpaired) electrons. The molecular formula is C47H38N4S. The van der Waals surface area contributed by atoms with Crippen molar-refractivity contribution in [2.75, 3.05) is 0 Å². The van der Waals surface area contributed by atoms with Crippen LogP contribution in [0.25, 0.3) is 84.4 Å². The van der Waals surface area contributed by atoms with Gasteiger partial charge in [-0.05, 0) is 113 Å². The number of hydrogen-bond donors (Lipinski definition) is 0. The zero-order chi connectivity index (χ0) is 35.2. The van der Waals surface area contributed by atoms with E-state index >= 15 is 0 Å². The second-order valence-electron chi connectivity index (χ2n) is 13.4. The van der Waals surface area contributed by atoms with E-state index in [1.54, 1.807) is 6.08 Å². The van der Waals surface area contributed by atoms with E-state index in [1.807, 2.05) is 47.7 Å². The van der Waals surface area contributed by atoms with Crippen molar-refractivity contribution in [1.82, 2.24) is 19.5 Å². The van der Waals surface area contributed by atoms with Gasteiger partial charge in [-0.2, -0.15) is 9.97 Å². The molecule has 0 N–H and O–H groups in total. The van der Waals surface area contributed by atoms with Gasteiger partial charge >= 0.3 is 0 Å². The smallest absolute Gasteiger partial charge is 0.238 e. The van der Waals surface area contributed by atoms with E-state index in [0.717, 1.165) is 71.0 Å². The van der Waals surface area contributed by atoms with E-state index in [-0.39, 0.29) is 0 Å². The molecule has 5 heteroatoms. The van der Waals surface area contributed by atoms with Crippen molar-refractivity contribution in [3.8, 4) is 39.6 Å². The van der Waals surface area contributed by atoms with Crippen molar-refractivity contribution in [3.63, 3.8) is 0 Å². The van der Waals surface area contributed by atoms with Crippen LogP contribution in [0.2, 0.25) is 0 Å². The molecule has 3 heterocycles. The molecule has 0 saturated carbocycles. The highest BCUT2D eigenvalue weighted by Crippen LogP contribution is 2.42. The van der Waals surface area contributed by atoms with Gasteiger partial charge < -0.3 is 0 Å². The third-order valence-electron chi connectivity index (χ3n) is 10.3. The van der Waals surface area contributed by atoms with Crippen LogP contribution in [0.1, 0.15) is 59.3 Å². The predicted molar refractivity (Wildman–Crippen MR) is 222 cm³/mol. The van der Waals surface area contributed by atoms with Gasteiger partial charge in [-0.25, -0.2) is 4.98 Å². The predicted octanol–water partition coefficient (Wildman–Crippen LogP) is 12.6. The number of fused-ring (bicyclic) bond motifs is 4. The molecule has 2 aliphatic carbocycles. The molecule has 0 atom stereocenters. The third-order valence-corrected chi connectivity index (χ3v) is 11.5. The van der Waals surface area contributed by atoms with Gasteiger partial charge in [0.05, 0.1) is 5.52 Å². The number of hydrogen-bond acceptors (Lipinski definition) is 4. The van der Waals surface area contributed by atoms with E-state index in [9.17, 15) is 0 Å². The van der Waals surface area contributed by atoms with Crippen molar-refractivity contribution in [2.24, 2.45) is 0 Å². The monoisotopic (exact) mass is 690 g/mol. The summed E-state index contributed by atoms with van der Waals surface area (Å²) in [5.74, 6) is 1.73. The van der Waals surface area contributed by atoms with E-state index in [1.165, 1.54) is 42.8 Å². The van der Waals surface area contributed by atoms with Crippen molar-refractivity contribution in [1.29, 1.82) is 0 Å². The molecule has 52 heavy (non-hydrogen) atoms. The first-order chi connectivity index (χ1) is 25.6. The Bertz CT molecular complexity index is 2650. The average Bonchev–Trinajstić information content (AvgIpc) is 3.76. The highest BCUT2D eigenvalue weighted by Gasteiger charge is 2.24. The first-order valence-electron chi connectivity index (χ1n) is 18.1. The van der Waals surface area contributed by atoms with Crippen LogP contribution in [0.15, 0.2) is 122 Å². The van der Waals surface area contributed by atoms with Gasteiger partial charge in [-0.3, -0.25) is 4.57 Å². The molecule has 4 nitrogen and oxygen atoms in total. The Morgan fingerprint density at radius 3 is 2.37 bits per heavy atom. The Hall–Kier alpha value is -5.91. The molecule has 2 aliphatic rings. The highest BCUT2D eigenvalue weighted by molar-refractivity contribution is 7.20. The second-order valence-corrected chi connectivity index (χ2v) is 14.5. The Balaban J connectivity index is 1.31. The first kappa shape index (κ1) is 32.0. The lowest BCUT2D eigenvalue weighted by molar-refractivity contribution is 0.863. The van der Waals surface area contributed by atoms with Crippen molar-refractivity contribution in [2.45, 2.75) is 39.0 Å². The number of aryl methyl sites for hydroxylation is 1. The molecule has 0 spiro atoms. The molecule has 9 rings (SSSR count). The van der Waals surface area contributed by atoms with Crippen LogP contribution < -0.4 is 0 Å². The fourth-order valence-electron chi connectivity index (χ4n) is 7.85. The second kappa shape index (κ2) is 13.3. The van der Waals surface area contributed by atoms with E-state index in [0.29, 0.717) is 17.6 Å².